The van der Waals surface area contributed by atoms with Gasteiger partial charge < -0.3 is 0 Å². The first-order chi connectivity index (χ1) is 4.13. The number of hydrogen-bond donors (Lipinski definition) is 0. The second-order valence-corrected chi connectivity index (χ2v) is 3.98. The molecule has 0 amide bonds. The van der Waals surface area contributed by atoms with Crippen LogP contribution in [0.25, 0.3) is 0 Å². The van der Waals surface area contributed by atoms with E-state index < -0.39 is 24.1 Å². The number of rotatable bonds is 4. The van der Waals surface area contributed by atoms with Crippen LogP contribution >= 0.6 is 0 Å². The summed E-state index contributed by atoms with van der Waals surface area (Å²) in [6.45, 7) is 8.13. The Balaban J connectivity index is 2.91. The van der Waals surface area contributed by atoms with Gasteiger partial charge >= 0.3 is 69.6 Å². The first kappa shape index (κ1) is 9.80. The summed E-state index contributed by atoms with van der Waals surface area (Å²) in [5.74, 6) is 0. The second kappa shape index (κ2) is 5.58. The Bertz CT molecular complexity index is 56.1. The SMILES string of the molecule is CC(C)[O][Zr][O]C(C)C. The summed E-state index contributed by atoms with van der Waals surface area (Å²) in [7, 11) is 0. The molecule has 0 aliphatic heterocycles. The van der Waals surface area contributed by atoms with Crippen molar-refractivity contribution in [3.8, 4) is 0 Å². The van der Waals surface area contributed by atoms with Crippen LogP contribution in [0.1, 0.15) is 27.7 Å². The van der Waals surface area contributed by atoms with Crippen LogP contribution in [0.4, 0.5) is 0 Å². The summed E-state index contributed by atoms with van der Waals surface area (Å²) in [6.07, 6.45) is 0.686. The van der Waals surface area contributed by atoms with Crippen molar-refractivity contribution >= 4 is 0 Å². The van der Waals surface area contributed by atoms with Crippen LogP contribution in [0.2, 0.25) is 0 Å². The van der Waals surface area contributed by atoms with Crippen molar-refractivity contribution in [2.45, 2.75) is 39.9 Å². The molecule has 0 aromatic rings. The van der Waals surface area contributed by atoms with Crippen LogP contribution in [-0.4, -0.2) is 12.2 Å². The van der Waals surface area contributed by atoms with Crippen LogP contribution in [-0.2, 0) is 29.7 Å². The van der Waals surface area contributed by atoms with E-state index in [2.05, 4.69) is 0 Å². The topological polar surface area (TPSA) is 18.5 Å². The third kappa shape index (κ3) is 8.80. The zero-order valence-corrected chi connectivity index (χ0v) is 8.93. The van der Waals surface area contributed by atoms with Crippen molar-refractivity contribution in [1.82, 2.24) is 0 Å². The maximum absolute atomic E-state index is 5.30. The van der Waals surface area contributed by atoms with Crippen LogP contribution in [0.15, 0.2) is 0 Å². The average Bonchev–Trinajstić information content (AvgIpc) is 1.63. The van der Waals surface area contributed by atoms with Crippen molar-refractivity contribution in [2.24, 2.45) is 0 Å². The fraction of sp³-hybridized carbons (Fsp3) is 1.00. The molecule has 0 aliphatic rings. The molecule has 0 heterocycles. The van der Waals surface area contributed by atoms with Gasteiger partial charge in [-0.05, 0) is 0 Å². The Morgan fingerprint density at radius 3 is 1.44 bits per heavy atom. The van der Waals surface area contributed by atoms with Crippen molar-refractivity contribution in [2.75, 3.05) is 0 Å². The molecule has 0 spiro atoms. The minimum atomic E-state index is -0.929. The molecule has 0 N–H and O–H groups in total. The van der Waals surface area contributed by atoms with Crippen molar-refractivity contribution in [3.63, 3.8) is 0 Å². The standard InChI is InChI=1S/2C3H7O.Zr/c2*1-3(2)4;/h2*3H,1-2H3;/q2*-1;+2. The third-order valence-electron chi connectivity index (χ3n) is 0.568. The third-order valence-corrected chi connectivity index (χ3v) is 3.36. The summed E-state index contributed by atoms with van der Waals surface area (Å²) >= 11 is -0.929. The zero-order valence-electron chi connectivity index (χ0n) is 6.47. The summed E-state index contributed by atoms with van der Waals surface area (Å²) in [4.78, 5) is 0. The molecule has 3 heteroatoms. The van der Waals surface area contributed by atoms with E-state index in [0.29, 0.717) is 12.2 Å². The van der Waals surface area contributed by atoms with E-state index in [0.717, 1.165) is 0 Å². The molecule has 0 saturated carbocycles. The molecule has 2 nitrogen and oxygen atoms in total. The van der Waals surface area contributed by atoms with E-state index in [1.807, 2.05) is 27.7 Å². The van der Waals surface area contributed by atoms with E-state index in [4.69, 9.17) is 5.63 Å². The predicted octanol–water partition coefficient (Wildman–Crippen LogP) is 1.75. The fourth-order valence-electron chi connectivity index (χ4n) is 0.220. The Kier molecular flexibility index (Phi) is 6.08. The van der Waals surface area contributed by atoms with E-state index >= 15 is 0 Å². The Labute approximate surface area is 69.7 Å². The summed E-state index contributed by atoms with van der Waals surface area (Å²) < 4.78 is 10.6. The zero-order chi connectivity index (χ0) is 7.28. The molecule has 0 aliphatic carbocycles. The van der Waals surface area contributed by atoms with Crippen LogP contribution in [0.3, 0.4) is 0 Å². The molecule has 0 rings (SSSR count). The van der Waals surface area contributed by atoms with E-state index in [9.17, 15) is 0 Å². The van der Waals surface area contributed by atoms with Gasteiger partial charge in [-0.15, -0.1) is 0 Å². The molecular formula is C6H14O2Zr. The molecule has 0 saturated heterocycles. The maximum atomic E-state index is 5.30. The van der Waals surface area contributed by atoms with Crippen molar-refractivity contribution in [3.05, 3.63) is 0 Å². The van der Waals surface area contributed by atoms with Crippen molar-refractivity contribution in [1.29, 1.82) is 0 Å². The Morgan fingerprint density at radius 1 is 0.889 bits per heavy atom. The Hall–Kier alpha value is 0.803. The molecular weight excluding hydrogens is 195 g/mol. The first-order valence-corrected chi connectivity index (χ1v) is 5.20. The molecule has 0 unspecified atom stereocenters. The fourth-order valence-corrected chi connectivity index (χ4v) is 1.30. The molecule has 0 atom stereocenters. The van der Waals surface area contributed by atoms with Gasteiger partial charge in [0, 0.05) is 0 Å². The average molecular weight is 209 g/mol. The summed E-state index contributed by atoms with van der Waals surface area (Å²) in [6, 6.07) is 0. The van der Waals surface area contributed by atoms with Gasteiger partial charge in [0.25, 0.3) is 0 Å². The molecule has 0 bridgehead atoms. The normalized spacial score (nSPS) is 10.9. The van der Waals surface area contributed by atoms with E-state index in [-0.39, 0.29) is 0 Å². The van der Waals surface area contributed by atoms with Gasteiger partial charge in [-0.3, -0.25) is 0 Å². The van der Waals surface area contributed by atoms with Gasteiger partial charge in [0.15, 0.2) is 0 Å². The molecule has 0 aromatic heterocycles. The van der Waals surface area contributed by atoms with Gasteiger partial charge in [-0.1, -0.05) is 0 Å². The van der Waals surface area contributed by atoms with Gasteiger partial charge in [-0.2, -0.15) is 0 Å². The minimum absolute atomic E-state index is 0.343. The molecule has 0 radical (unpaired) electrons. The summed E-state index contributed by atoms with van der Waals surface area (Å²) in [5.41, 5.74) is 0. The van der Waals surface area contributed by atoms with Gasteiger partial charge in [-0.25, -0.2) is 0 Å². The van der Waals surface area contributed by atoms with E-state index in [1.165, 1.54) is 0 Å². The summed E-state index contributed by atoms with van der Waals surface area (Å²) in [5, 5.41) is 0. The molecule has 54 valence electrons. The Morgan fingerprint density at radius 2 is 1.22 bits per heavy atom. The molecule has 0 fully saturated rings. The predicted molar refractivity (Wildman–Crippen MR) is 32.4 cm³/mol. The van der Waals surface area contributed by atoms with Crippen LogP contribution < -0.4 is 0 Å². The van der Waals surface area contributed by atoms with Gasteiger partial charge in [0.1, 0.15) is 0 Å². The van der Waals surface area contributed by atoms with Crippen LogP contribution in [0, 0.1) is 0 Å². The van der Waals surface area contributed by atoms with E-state index in [1.54, 1.807) is 0 Å². The first-order valence-electron chi connectivity index (χ1n) is 3.19. The molecule has 0 aromatic carbocycles. The number of hydrogen-bond acceptors (Lipinski definition) is 2. The second-order valence-electron chi connectivity index (χ2n) is 2.42. The van der Waals surface area contributed by atoms with Crippen molar-refractivity contribution < 1.29 is 29.7 Å². The molecule has 9 heavy (non-hydrogen) atoms. The van der Waals surface area contributed by atoms with Crippen LogP contribution in [0.5, 0.6) is 0 Å². The van der Waals surface area contributed by atoms with Gasteiger partial charge in [0.2, 0.25) is 0 Å². The van der Waals surface area contributed by atoms with Gasteiger partial charge in [0.05, 0.1) is 0 Å². The quantitative estimate of drug-likeness (QED) is 0.702. The monoisotopic (exact) mass is 208 g/mol.